The van der Waals surface area contributed by atoms with Crippen LogP contribution in [0.4, 0.5) is 8.78 Å². The van der Waals surface area contributed by atoms with E-state index in [4.69, 9.17) is 4.74 Å². The van der Waals surface area contributed by atoms with E-state index in [-0.39, 0.29) is 11.7 Å². The van der Waals surface area contributed by atoms with Crippen molar-refractivity contribution >= 4 is 10.9 Å². The van der Waals surface area contributed by atoms with Crippen LogP contribution in [0.15, 0.2) is 42.5 Å². The van der Waals surface area contributed by atoms with Crippen molar-refractivity contribution in [3.8, 4) is 11.6 Å². The fourth-order valence-corrected chi connectivity index (χ4v) is 3.26. The van der Waals surface area contributed by atoms with Gasteiger partial charge in [-0.15, -0.1) is 5.10 Å². The van der Waals surface area contributed by atoms with E-state index in [1.807, 2.05) is 0 Å². The Kier molecular flexibility index (Phi) is 4.36. The van der Waals surface area contributed by atoms with E-state index in [1.54, 1.807) is 24.3 Å². The highest BCUT2D eigenvalue weighted by Crippen LogP contribution is 2.30. The minimum Gasteiger partial charge on any atom is -0.476 e. The Bertz CT molecular complexity index is 888. The number of hydrogen-bond acceptors (Lipinski definition) is 3. The lowest BCUT2D eigenvalue weighted by Crippen LogP contribution is -2.33. The van der Waals surface area contributed by atoms with Crippen LogP contribution in [0.1, 0.15) is 12.8 Å². The molecule has 1 aliphatic heterocycles. The molecular weight excluding hydrogens is 324 g/mol. The van der Waals surface area contributed by atoms with E-state index >= 15 is 0 Å². The maximum absolute atomic E-state index is 14.4. The minimum atomic E-state index is -0.392. The molecule has 2 heterocycles. The lowest BCUT2D eigenvalue weighted by Gasteiger charge is -2.22. The van der Waals surface area contributed by atoms with Crippen molar-refractivity contribution in [2.75, 3.05) is 19.7 Å². The van der Waals surface area contributed by atoms with Crippen molar-refractivity contribution in [3.63, 3.8) is 0 Å². The second-order valence-electron chi connectivity index (χ2n) is 6.35. The van der Waals surface area contributed by atoms with Crippen molar-refractivity contribution in [2.45, 2.75) is 12.8 Å². The van der Waals surface area contributed by atoms with Gasteiger partial charge in [-0.05, 0) is 49.7 Å². The van der Waals surface area contributed by atoms with Crippen LogP contribution >= 0.6 is 0 Å². The van der Waals surface area contributed by atoms with Gasteiger partial charge in [0.05, 0.1) is 23.2 Å². The molecule has 0 spiro atoms. The predicted octanol–water partition coefficient (Wildman–Crippen LogP) is 3.68. The largest absolute Gasteiger partial charge is 0.476 e. The van der Waals surface area contributed by atoms with E-state index in [9.17, 15) is 8.78 Å². The second-order valence-corrected chi connectivity index (χ2v) is 6.35. The Morgan fingerprint density at radius 2 is 2.08 bits per heavy atom. The molecular formula is C19H19F2N3O. The third-order valence-electron chi connectivity index (χ3n) is 4.53. The summed E-state index contributed by atoms with van der Waals surface area (Å²) in [6.07, 6.45) is 2.19. The summed E-state index contributed by atoms with van der Waals surface area (Å²) in [7, 11) is 0. The Morgan fingerprint density at radius 1 is 1.20 bits per heavy atom. The van der Waals surface area contributed by atoms with Gasteiger partial charge in [0.25, 0.3) is 0 Å². The summed E-state index contributed by atoms with van der Waals surface area (Å²) in [6, 6.07) is 10.8. The van der Waals surface area contributed by atoms with Crippen molar-refractivity contribution in [3.05, 3.63) is 54.1 Å². The maximum atomic E-state index is 14.4. The van der Waals surface area contributed by atoms with Crippen molar-refractivity contribution in [1.82, 2.24) is 15.1 Å². The molecule has 6 heteroatoms. The number of piperidine rings is 1. The fourth-order valence-electron chi connectivity index (χ4n) is 3.26. The van der Waals surface area contributed by atoms with Crippen LogP contribution in [0, 0.1) is 17.6 Å². The average Bonchev–Trinajstić information content (AvgIpc) is 3.01. The molecule has 1 saturated heterocycles. The van der Waals surface area contributed by atoms with Gasteiger partial charge in [0, 0.05) is 12.5 Å². The Balaban J connectivity index is 1.71. The number of nitrogens with one attached hydrogen (secondary N) is 1. The number of halogens is 2. The van der Waals surface area contributed by atoms with Crippen LogP contribution < -0.4 is 10.1 Å². The number of hydrogen-bond donors (Lipinski definition) is 1. The van der Waals surface area contributed by atoms with E-state index in [0.29, 0.717) is 29.1 Å². The van der Waals surface area contributed by atoms with Crippen LogP contribution in [0.2, 0.25) is 0 Å². The zero-order chi connectivity index (χ0) is 17.2. The van der Waals surface area contributed by atoms with E-state index in [2.05, 4.69) is 10.4 Å². The summed E-state index contributed by atoms with van der Waals surface area (Å²) < 4.78 is 35.4. The summed E-state index contributed by atoms with van der Waals surface area (Å²) in [5.41, 5.74) is 1.09. The highest BCUT2D eigenvalue weighted by atomic mass is 19.1. The van der Waals surface area contributed by atoms with Gasteiger partial charge in [-0.1, -0.05) is 12.1 Å². The van der Waals surface area contributed by atoms with E-state index in [1.165, 1.54) is 22.9 Å². The quantitative estimate of drug-likeness (QED) is 0.785. The van der Waals surface area contributed by atoms with Gasteiger partial charge in [-0.3, -0.25) is 0 Å². The Morgan fingerprint density at radius 3 is 2.88 bits per heavy atom. The number of rotatable bonds is 4. The third-order valence-corrected chi connectivity index (χ3v) is 4.53. The first-order valence-electron chi connectivity index (χ1n) is 8.49. The molecule has 0 bridgehead atoms. The first-order valence-corrected chi connectivity index (χ1v) is 8.49. The standard InChI is InChI=1S/C19H19F2N3O/c20-14-5-1-6-15(10-14)24-17-8-2-7-16(21)18(17)19(23-24)25-12-13-4-3-9-22-11-13/h1-2,5-8,10,13,22H,3-4,9,11-12H2/t13-/m0/s1. The molecule has 1 aliphatic rings. The molecule has 0 amide bonds. The summed E-state index contributed by atoms with van der Waals surface area (Å²) in [5, 5.41) is 8.08. The van der Waals surface area contributed by atoms with Gasteiger partial charge in [0.2, 0.25) is 5.88 Å². The highest BCUT2D eigenvalue weighted by molar-refractivity contribution is 5.86. The Labute approximate surface area is 144 Å². The first kappa shape index (κ1) is 16.0. The molecule has 1 N–H and O–H groups in total. The topological polar surface area (TPSA) is 39.1 Å². The summed E-state index contributed by atoms with van der Waals surface area (Å²) in [6.45, 7) is 2.41. The van der Waals surface area contributed by atoms with Crippen LogP contribution in [0.3, 0.4) is 0 Å². The molecule has 1 fully saturated rings. The van der Waals surface area contributed by atoms with Crippen LogP contribution in [-0.4, -0.2) is 29.5 Å². The second kappa shape index (κ2) is 6.80. The lowest BCUT2D eigenvalue weighted by molar-refractivity contribution is 0.213. The van der Waals surface area contributed by atoms with Crippen molar-refractivity contribution in [1.29, 1.82) is 0 Å². The van der Waals surface area contributed by atoms with Crippen LogP contribution in [0.5, 0.6) is 5.88 Å². The molecule has 3 aromatic rings. The van der Waals surface area contributed by atoms with Gasteiger partial charge < -0.3 is 10.1 Å². The number of nitrogens with zero attached hydrogens (tertiary/aromatic N) is 2. The SMILES string of the molecule is Fc1cccc(-n2nc(OC[C@H]3CCCNC3)c3c(F)cccc32)c1. The number of aromatic nitrogens is 2. The van der Waals surface area contributed by atoms with E-state index in [0.717, 1.165) is 25.9 Å². The zero-order valence-corrected chi connectivity index (χ0v) is 13.7. The smallest absolute Gasteiger partial charge is 0.244 e. The highest BCUT2D eigenvalue weighted by Gasteiger charge is 2.19. The zero-order valence-electron chi connectivity index (χ0n) is 13.7. The number of fused-ring (bicyclic) bond motifs is 1. The van der Waals surface area contributed by atoms with Crippen molar-refractivity contribution in [2.24, 2.45) is 5.92 Å². The van der Waals surface area contributed by atoms with Gasteiger partial charge in [0.15, 0.2) is 0 Å². The monoisotopic (exact) mass is 343 g/mol. The normalized spacial score (nSPS) is 17.8. The molecule has 1 aromatic heterocycles. The van der Waals surface area contributed by atoms with Crippen LogP contribution in [-0.2, 0) is 0 Å². The molecule has 130 valence electrons. The minimum absolute atomic E-state index is 0.253. The molecule has 0 unspecified atom stereocenters. The van der Waals surface area contributed by atoms with Gasteiger partial charge in [0.1, 0.15) is 11.6 Å². The van der Waals surface area contributed by atoms with Gasteiger partial charge in [-0.2, -0.15) is 0 Å². The third kappa shape index (κ3) is 3.22. The predicted molar refractivity (Wildman–Crippen MR) is 92.1 cm³/mol. The summed E-state index contributed by atoms with van der Waals surface area (Å²) in [5.74, 6) is -0.122. The van der Waals surface area contributed by atoms with Gasteiger partial charge >= 0.3 is 0 Å². The van der Waals surface area contributed by atoms with E-state index < -0.39 is 5.82 Å². The molecule has 25 heavy (non-hydrogen) atoms. The molecule has 1 atom stereocenters. The van der Waals surface area contributed by atoms with Gasteiger partial charge in [-0.25, -0.2) is 13.5 Å². The number of benzene rings is 2. The molecule has 0 radical (unpaired) electrons. The molecule has 4 nitrogen and oxygen atoms in total. The average molecular weight is 343 g/mol. The lowest BCUT2D eigenvalue weighted by atomic mass is 10.0. The molecule has 0 aliphatic carbocycles. The Hall–Kier alpha value is -2.47. The summed E-state index contributed by atoms with van der Waals surface area (Å²) in [4.78, 5) is 0. The molecule has 2 aromatic carbocycles. The molecule has 0 saturated carbocycles. The first-order chi connectivity index (χ1) is 12.2. The van der Waals surface area contributed by atoms with Crippen molar-refractivity contribution < 1.29 is 13.5 Å². The van der Waals surface area contributed by atoms with Crippen LogP contribution in [0.25, 0.3) is 16.6 Å². The molecule has 4 rings (SSSR count). The summed E-state index contributed by atoms with van der Waals surface area (Å²) >= 11 is 0. The number of ether oxygens (including phenoxy) is 1. The fraction of sp³-hybridized carbons (Fsp3) is 0.316. The maximum Gasteiger partial charge on any atom is 0.244 e.